The zero-order valence-electron chi connectivity index (χ0n) is 11.9. The van der Waals surface area contributed by atoms with Crippen molar-refractivity contribution in [1.82, 2.24) is 9.97 Å². The lowest BCUT2D eigenvalue weighted by atomic mass is 9.96. The minimum Gasteiger partial charge on any atom is -0.381 e. The van der Waals surface area contributed by atoms with Crippen molar-refractivity contribution < 1.29 is 4.74 Å². The zero-order valence-corrected chi connectivity index (χ0v) is 11.9. The van der Waals surface area contributed by atoms with E-state index in [2.05, 4.69) is 35.2 Å². The van der Waals surface area contributed by atoms with E-state index in [1.807, 2.05) is 0 Å². The van der Waals surface area contributed by atoms with Crippen LogP contribution in [-0.4, -0.2) is 29.2 Å². The number of anilines is 1. The molecule has 0 bridgehead atoms. The number of hydrogen-bond donors (Lipinski definition) is 1. The van der Waals surface area contributed by atoms with Crippen molar-refractivity contribution in [3.63, 3.8) is 0 Å². The number of nitrogens with one attached hydrogen (secondary N) is 1. The van der Waals surface area contributed by atoms with Crippen molar-refractivity contribution in [2.45, 2.75) is 45.6 Å². The Bertz CT molecular complexity index is 441. The molecule has 1 saturated heterocycles. The molecule has 3 rings (SSSR count). The van der Waals surface area contributed by atoms with Crippen molar-refractivity contribution in [2.24, 2.45) is 11.3 Å². The molecule has 4 nitrogen and oxygen atoms in total. The Hall–Kier alpha value is -1.16. The van der Waals surface area contributed by atoms with E-state index in [1.54, 1.807) is 6.33 Å². The SMILES string of the molecule is CC(C)Cc1cc(N[C@H]2CC23CCOCC3)ncn1. The number of rotatable bonds is 4. The second-order valence-corrected chi connectivity index (χ2v) is 6.37. The van der Waals surface area contributed by atoms with Crippen LogP contribution in [0.3, 0.4) is 0 Å². The van der Waals surface area contributed by atoms with Crippen LogP contribution in [0.1, 0.15) is 38.8 Å². The molecule has 1 aliphatic carbocycles. The van der Waals surface area contributed by atoms with Gasteiger partial charge in [0.1, 0.15) is 12.1 Å². The van der Waals surface area contributed by atoms with Crippen LogP contribution < -0.4 is 5.32 Å². The third-order valence-electron chi connectivity index (χ3n) is 4.34. The summed E-state index contributed by atoms with van der Waals surface area (Å²) in [6.45, 7) is 6.27. The monoisotopic (exact) mass is 261 g/mol. The van der Waals surface area contributed by atoms with Crippen molar-refractivity contribution >= 4 is 5.82 Å². The van der Waals surface area contributed by atoms with Gasteiger partial charge >= 0.3 is 0 Å². The quantitative estimate of drug-likeness (QED) is 0.905. The van der Waals surface area contributed by atoms with Gasteiger partial charge in [-0.25, -0.2) is 9.97 Å². The summed E-state index contributed by atoms with van der Waals surface area (Å²) in [7, 11) is 0. The van der Waals surface area contributed by atoms with Gasteiger partial charge in [0.2, 0.25) is 0 Å². The molecule has 0 radical (unpaired) electrons. The highest BCUT2D eigenvalue weighted by Crippen LogP contribution is 2.54. The maximum Gasteiger partial charge on any atom is 0.129 e. The summed E-state index contributed by atoms with van der Waals surface area (Å²) in [5.74, 6) is 1.62. The topological polar surface area (TPSA) is 47.0 Å². The van der Waals surface area contributed by atoms with Crippen LogP contribution in [0.2, 0.25) is 0 Å². The summed E-state index contributed by atoms with van der Waals surface area (Å²) in [6, 6.07) is 2.68. The van der Waals surface area contributed by atoms with Gasteiger partial charge in [-0.2, -0.15) is 0 Å². The Morgan fingerprint density at radius 3 is 2.89 bits per heavy atom. The van der Waals surface area contributed by atoms with E-state index in [0.717, 1.165) is 31.1 Å². The Morgan fingerprint density at radius 2 is 2.16 bits per heavy atom. The second-order valence-electron chi connectivity index (χ2n) is 6.37. The Labute approximate surface area is 115 Å². The van der Waals surface area contributed by atoms with Gasteiger partial charge in [-0.05, 0) is 37.0 Å². The number of nitrogens with zero attached hydrogens (tertiary/aromatic N) is 2. The molecule has 2 fully saturated rings. The highest BCUT2D eigenvalue weighted by molar-refractivity contribution is 5.39. The first-order valence-corrected chi connectivity index (χ1v) is 7.33. The lowest BCUT2D eigenvalue weighted by Crippen LogP contribution is -2.23. The Balaban J connectivity index is 1.61. The molecule has 1 aromatic rings. The molecule has 1 aliphatic heterocycles. The first kappa shape index (κ1) is 12.9. The third-order valence-corrected chi connectivity index (χ3v) is 4.34. The van der Waals surface area contributed by atoms with Gasteiger partial charge < -0.3 is 10.1 Å². The first-order chi connectivity index (χ1) is 9.18. The fourth-order valence-corrected chi connectivity index (χ4v) is 3.07. The summed E-state index contributed by atoms with van der Waals surface area (Å²) in [6.07, 6.45) is 6.34. The van der Waals surface area contributed by atoms with Gasteiger partial charge in [-0.15, -0.1) is 0 Å². The van der Waals surface area contributed by atoms with Crippen LogP contribution in [0.15, 0.2) is 12.4 Å². The fraction of sp³-hybridized carbons (Fsp3) is 0.733. The van der Waals surface area contributed by atoms with E-state index in [1.165, 1.54) is 19.3 Å². The molecule has 1 atom stereocenters. The fourth-order valence-electron chi connectivity index (χ4n) is 3.07. The molecule has 2 aliphatic rings. The van der Waals surface area contributed by atoms with Crippen molar-refractivity contribution in [3.8, 4) is 0 Å². The summed E-state index contributed by atoms with van der Waals surface area (Å²) < 4.78 is 5.45. The summed E-state index contributed by atoms with van der Waals surface area (Å²) >= 11 is 0. The molecule has 0 aromatic carbocycles. The smallest absolute Gasteiger partial charge is 0.129 e. The van der Waals surface area contributed by atoms with Crippen LogP contribution in [0.25, 0.3) is 0 Å². The molecule has 1 saturated carbocycles. The van der Waals surface area contributed by atoms with Crippen LogP contribution in [0.5, 0.6) is 0 Å². The molecule has 1 N–H and O–H groups in total. The molecule has 1 spiro atoms. The number of ether oxygens (including phenoxy) is 1. The van der Waals surface area contributed by atoms with E-state index in [0.29, 0.717) is 17.4 Å². The van der Waals surface area contributed by atoms with Gasteiger partial charge in [-0.1, -0.05) is 13.8 Å². The standard InChI is InChI=1S/C15H23N3O/c1-11(2)7-12-8-14(17-10-16-12)18-13-9-15(13)3-5-19-6-4-15/h8,10-11,13H,3-7,9H2,1-2H3,(H,16,17,18)/t13-/m0/s1. The summed E-state index contributed by atoms with van der Waals surface area (Å²) in [5.41, 5.74) is 1.62. The van der Waals surface area contributed by atoms with Crippen LogP contribution in [-0.2, 0) is 11.2 Å². The highest BCUT2D eigenvalue weighted by atomic mass is 16.5. The van der Waals surface area contributed by atoms with E-state index < -0.39 is 0 Å². The first-order valence-electron chi connectivity index (χ1n) is 7.33. The lowest BCUT2D eigenvalue weighted by Gasteiger charge is -2.23. The van der Waals surface area contributed by atoms with Crippen molar-refractivity contribution in [3.05, 3.63) is 18.1 Å². The summed E-state index contributed by atoms with van der Waals surface area (Å²) in [5, 5.41) is 3.58. The van der Waals surface area contributed by atoms with Gasteiger partial charge in [-0.3, -0.25) is 0 Å². The number of aromatic nitrogens is 2. The molecule has 1 aromatic heterocycles. The second kappa shape index (κ2) is 5.08. The van der Waals surface area contributed by atoms with Crippen molar-refractivity contribution in [1.29, 1.82) is 0 Å². The maximum absolute atomic E-state index is 5.45. The maximum atomic E-state index is 5.45. The van der Waals surface area contributed by atoms with Crippen LogP contribution >= 0.6 is 0 Å². The van der Waals surface area contributed by atoms with E-state index in [4.69, 9.17) is 4.74 Å². The predicted molar refractivity (Wildman–Crippen MR) is 75.1 cm³/mol. The average Bonchev–Trinajstić information content (AvgIpc) is 3.01. The molecule has 19 heavy (non-hydrogen) atoms. The minimum atomic E-state index is 0.488. The van der Waals surface area contributed by atoms with E-state index in [9.17, 15) is 0 Å². The molecule has 104 valence electrons. The largest absolute Gasteiger partial charge is 0.381 e. The molecule has 2 heterocycles. The van der Waals surface area contributed by atoms with Gasteiger partial charge in [0.05, 0.1) is 0 Å². The molecular weight excluding hydrogens is 238 g/mol. The van der Waals surface area contributed by atoms with Crippen LogP contribution in [0.4, 0.5) is 5.82 Å². The highest BCUT2D eigenvalue weighted by Gasteiger charge is 2.54. The molecule has 0 unspecified atom stereocenters. The van der Waals surface area contributed by atoms with Gasteiger partial charge in [0.25, 0.3) is 0 Å². The molecular formula is C15H23N3O. The van der Waals surface area contributed by atoms with Crippen LogP contribution in [0, 0.1) is 11.3 Å². The third kappa shape index (κ3) is 2.89. The molecule has 0 amide bonds. The van der Waals surface area contributed by atoms with Gasteiger partial charge in [0.15, 0.2) is 0 Å². The average molecular weight is 261 g/mol. The Morgan fingerprint density at radius 1 is 1.37 bits per heavy atom. The molecule has 4 heteroatoms. The van der Waals surface area contributed by atoms with Gasteiger partial charge in [0, 0.05) is 31.0 Å². The lowest BCUT2D eigenvalue weighted by molar-refractivity contribution is 0.0567. The Kier molecular flexibility index (Phi) is 3.44. The minimum absolute atomic E-state index is 0.488. The normalized spacial score (nSPS) is 24.7. The van der Waals surface area contributed by atoms with E-state index >= 15 is 0 Å². The van der Waals surface area contributed by atoms with E-state index in [-0.39, 0.29) is 0 Å². The zero-order chi connectivity index (χ0) is 13.3. The summed E-state index contributed by atoms with van der Waals surface area (Å²) in [4.78, 5) is 8.69. The predicted octanol–water partition coefficient (Wildman–Crippen LogP) is 2.66. The number of hydrogen-bond acceptors (Lipinski definition) is 4. The van der Waals surface area contributed by atoms with Crippen molar-refractivity contribution in [2.75, 3.05) is 18.5 Å².